The zero-order chi connectivity index (χ0) is 14.2. The number of hydrogen-bond acceptors (Lipinski definition) is 3. The minimum absolute atomic E-state index is 0.181. The Morgan fingerprint density at radius 3 is 2.63 bits per heavy atom. The number of aryl methyl sites for hydroxylation is 2. The molecule has 1 amide bonds. The molecule has 0 atom stereocenters. The molecule has 6 heteroatoms. The third-order valence-electron chi connectivity index (χ3n) is 3.01. The van der Waals surface area contributed by atoms with Crippen LogP contribution in [0.15, 0.2) is 22.7 Å². The minimum atomic E-state index is -0.181. The summed E-state index contributed by atoms with van der Waals surface area (Å²) in [6, 6.07) is 5.09. The maximum absolute atomic E-state index is 12.2. The third kappa shape index (κ3) is 2.63. The number of nitrogens with zero attached hydrogens (tertiary/aromatic N) is 2. The second-order valence-electron chi connectivity index (χ2n) is 4.36. The Labute approximate surface area is 119 Å². The molecule has 0 saturated carbocycles. The van der Waals surface area contributed by atoms with E-state index < -0.39 is 0 Å². The zero-order valence-electron chi connectivity index (χ0n) is 11.0. The molecule has 0 fully saturated rings. The molecule has 1 aromatic heterocycles. The molecule has 0 aliphatic rings. The van der Waals surface area contributed by atoms with E-state index in [1.165, 1.54) is 0 Å². The number of nitrogens with two attached hydrogens (primary N) is 1. The summed E-state index contributed by atoms with van der Waals surface area (Å²) in [6.07, 6.45) is 0. The van der Waals surface area contributed by atoms with Crippen LogP contribution >= 0.6 is 15.9 Å². The molecule has 1 heterocycles. The lowest BCUT2D eigenvalue weighted by molar-refractivity contribution is 0.102. The summed E-state index contributed by atoms with van der Waals surface area (Å²) in [6.45, 7) is 3.77. The van der Waals surface area contributed by atoms with Gasteiger partial charge in [0.05, 0.1) is 17.1 Å². The lowest BCUT2D eigenvalue weighted by Crippen LogP contribution is -2.13. The highest BCUT2D eigenvalue weighted by Crippen LogP contribution is 2.23. The first-order valence-corrected chi connectivity index (χ1v) is 6.56. The highest BCUT2D eigenvalue weighted by atomic mass is 79.9. The van der Waals surface area contributed by atoms with E-state index in [-0.39, 0.29) is 5.91 Å². The quantitative estimate of drug-likeness (QED) is 0.835. The first-order chi connectivity index (χ1) is 8.90. The van der Waals surface area contributed by atoms with Gasteiger partial charge in [-0.1, -0.05) is 0 Å². The number of nitrogens with one attached hydrogen (secondary N) is 1. The van der Waals surface area contributed by atoms with Crippen LogP contribution in [-0.4, -0.2) is 15.7 Å². The maximum Gasteiger partial charge on any atom is 0.255 e. The second kappa shape index (κ2) is 5.05. The van der Waals surface area contributed by atoms with Gasteiger partial charge in [0.15, 0.2) is 0 Å². The second-order valence-corrected chi connectivity index (χ2v) is 5.21. The fourth-order valence-electron chi connectivity index (χ4n) is 1.81. The van der Waals surface area contributed by atoms with Gasteiger partial charge in [-0.25, -0.2) is 0 Å². The van der Waals surface area contributed by atoms with E-state index in [4.69, 9.17) is 5.73 Å². The maximum atomic E-state index is 12.2. The molecule has 19 heavy (non-hydrogen) atoms. The van der Waals surface area contributed by atoms with Crippen LogP contribution in [0, 0.1) is 13.8 Å². The molecule has 0 aliphatic carbocycles. The number of halogens is 1. The standard InChI is InChI=1S/C13H15BrN4O/c1-7-12(8(2)18(3)17-7)16-13(19)9-4-5-11(15)10(14)6-9/h4-6H,15H2,1-3H3,(H,16,19). The van der Waals surface area contributed by atoms with E-state index in [1.807, 2.05) is 20.9 Å². The van der Waals surface area contributed by atoms with Crippen LogP contribution in [0.1, 0.15) is 21.7 Å². The van der Waals surface area contributed by atoms with Crippen molar-refractivity contribution in [2.75, 3.05) is 11.1 Å². The summed E-state index contributed by atoms with van der Waals surface area (Å²) >= 11 is 3.31. The number of aromatic nitrogens is 2. The van der Waals surface area contributed by atoms with Crippen LogP contribution in [0.3, 0.4) is 0 Å². The SMILES string of the molecule is Cc1nn(C)c(C)c1NC(=O)c1ccc(N)c(Br)c1. The topological polar surface area (TPSA) is 72.9 Å². The van der Waals surface area contributed by atoms with Crippen molar-refractivity contribution in [3.63, 3.8) is 0 Å². The van der Waals surface area contributed by atoms with E-state index in [0.717, 1.165) is 17.1 Å². The molecule has 0 radical (unpaired) electrons. The number of carbonyl (C=O) groups is 1. The Kier molecular flexibility index (Phi) is 3.61. The van der Waals surface area contributed by atoms with Crippen molar-refractivity contribution in [2.24, 2.45) is 7.05 Å². The van der Waals surface area contributed by atoms with Gasteiger partial charge in [0.1, 0.15) is 0 Å². The molecule has 2 aromatic rings. The Bertz CT molecular complexity index is 648. The zero-order valence-corrected chi connectivity index (χ0v) is 12.6. The Balaban J connectivity index is 2.28. The summed E-state index contributed by atoms with van der Waals surface area (Å²) in [5, 5.41) is 7.14. The number of nitrogen functional groups attached to an aromatic ring is 1. The summed E-state index contributed by atoms with van der Waals surface area (Å²) < 4.78 is 2.45. The average Bonchev–Trinajstić information content (AvgIpc) is 2.59. The van der Waals surface area contributed by atoms with Crippen LogP contribution < -0.4 is 11.1 Å². The van der Waals surface area contributed by atoms with Gasteiger partial charge in [0.2, 0.25) is 0 Å². The van der Waals surface area contributed by atoms with Gasteiger partial charge in [0, 0.05) is 22.8 Å². The summed E-state index contributed by atoms with van der Waals surface area (Å²) in [4.78, 5) is 12.2. The van der Waals surface area contributed by atoms with Gasteiger partial charge >= 0.3 is 0 Å². The lowest BCUT2D eigenvalue weighted by atomic mass is 10.2. The summed E-state index contributed by atoms with van der Waals surface area (Å²) in [5.41, 5.74) is 9.31. The molecule has 0 saturated heterocycles. The van der Waals surface area contributed by atoms with E-state index in [2.05, 4.69) is 26.3 Å². The first kappa shape index (κ1) is 13.6. The molecule has 0 spiro atoms. The van der Waals surface area contributed by atoms with Crippen molar-refractivity contribution in [3.8, 4) is 0 Å². The van der Waals surface area contributed by atoms with Crippen molar-refractivity contribution >= 4 is 33.2 Å². The monoisotopic (exact) mass is 322 g/mol. The number of carbonyl (C=O) groups excluding carboxylic acids is 1. The molecular formula is C13H15BrN4O. The smallest absolute Gasteiger partial charge is 0.255 e. The van der Waals surface area contributed by atoms with E-state index in [9.17, 15) is 4.79 Å². The molecule has 5 nitrogen and oxygen atoms in total. The highest BCUT2D eigenvalue weighted by Gasteiger charge is 2.14. The molecule has 1 aromatic carbocycles. The van der Waals surface area contributed by atoms with Crippen LogP contribution in [0.5, 0.6) is 0 Å². The van der Waals surface area contributed by atoms with Crippen molar-refractivity contribution in [2.45, 2.75) is 13.8 Å². The highest BCUT2D eigenvalue weighted by molar-refractivity contribution is 9.10. The predicted molar refractivity (Wildman–Crippen MR) is 79.2 cm³/mol. The largest absolute Gasteiger partial charge is 0.398 e. The number of amides is 1. The van der Waals surface area contributed by atoms with Gasteiger partial charge in [-0.3, -0.25) is 9.48 Å². The number of hydrogen-bond donors (Lipinski definition) is 2. The Morgan fingerprint density at radius 2 is 2.11 bits per heavy atom. The van der Waals surface area contributed by atoms with Gasteiger partial charge in [-0.15, -0.1) is 0 Å². The Hall–Kier alpha value is -1.82. The van der Waals surface area contributed by atoms with Crippen LogP contribution in [0.4, 0.5) is 11.4 Å². The summed E-state index contributed by atoms with van der Waals surface area (Å²) in [7, 11) is 1.85. The van der Waals surface area contributed by atoms with Crippen molar-refractivity contribution in [3.05, 3.63) is 39.6 Å². The van der Waals surface area contributed by atoms with Crippen molar-refractivity contribution < 1.29 is 4.79 Å². The molecule has 0 unspecified atom stereocenters. The van der Waals surface area contributed by atoms with E-state index >= 15 is 0 Å². The minimum Gasteiger partial charge on any atom is -0.398 e. The average molecular weight is 323 g/mol. The first-order valence-electron chi connectivity index (χ1n) is 5.76. The fourth-order valence-corrected chi connectivity index (χ4v) is 2.19. The Morgan fingerprint density at radius 1 is 1.42 bits per heavy atom. The van der Waals surface area contributed by atoms with E-state index in [1.54, 1.807) is 22.9 Å². The number of benzene rings is 1. The number of rotatable bonds is 2. The van der Waals surface area contributed by atoms with E-state index in [0.29, 0.717) is 15.7 Å². The van der Waals surface area contributed by atoms with Gasteiger partial charge in [-0.2, -0.15) is 5.10 Å². The molecule has 2 rings (SSSR count). The molecule has 3 N–H and O–H groups in total. The summed E-state index contributed by atoms with van der Waals surface area (Å²) in [5.74, 6) is -0.181. The molecule has 0 aliphatic heterocycles. The third-order valence-corrected chi connectivity index (χ3v) is 3.70. The molecular weight excluding hydrogens is 308 g/mol. The van der Waals surface area contributed by atoms with Crippen LogP contribution in [0.25, 0.3) is 0 Å². The molecule has 100 valence electrons. The predicted octanol–water partition coefficient (Wildman–Crippen LogP) is 2.63. The van der Waals surface area contributed by atoms with Gasteiger partial charge in [0.25, 0.3) is 5.91 Å². The number of anilines is 2. The van der Waals surface area contributed by atoms with Gasteiger partial charge in [-0.05, 0) is 48.0 Å². The van der Waals surface area contributed by atoms with Crippen LogP contribution in [0.2, 0.25) is 0 Å². The fraction of sp³-hybridized carbons (Fsp3) is 0.231. The van der Waals surface area contributed by atoms with Crippen molar-refractivity contribution in [1.29, 1.82) is 0 Å². The van der Waals surface area contributed by atoms with Gasteiger partial charge < -0.3 is 11.1 Å². The lowest BCUT2D eigenvalue weighted by Gasteiger charge is -2.07. The normalized spacial score (nSPS) is 10.5. The van der Waals surface area contributed by atoms with Crippen LogP contribution in [-0.2, 0) is 7.05 Å². The molecule has 0 bridgehead atoms. The van der Waals surface area contributed by atoms with Crippen molar-refractivity contribution in [1.82, 2.24) is 9.78 Å².